The number of aromatic nitrogens is 1. The highest BCUT2D eigenvalue weighted by Gasteiger charge is 2.05. The molecule has 24 heavy (non-hydrogen) atoms. The van der Waals surface area contributed by atoms with E-state index in [4.69, 9.17) is 4.74 Å². The molecule has 4 heteroatoms. The predicted molar refractivity (Wildman–Crippen MR) is 96.6 cm³/mol. The van der Waals surface area contributed by atoms with Gasteiger partial charge in [-0.05, 0) is 36.2 Å². The number of fused-ring (bicyclic) bond motifs is 1. The van der Waals surface area contributed by atoms with Gasteiger partial charge in [0.1, 0.15) is 11.6 Å². The van der Waals surface area contributed by atoms with Gasteiger partial charge in [0.25, 0.3) is 0 Å². The first kappa shape index (κ1) is 16.3. The Labute approximate surface area is 141 Å². The van der Waals surface area contributed by atoms with Crippen LogP contribution in [0.25, 0.3) is 17.0 Å². The number of aromatic amines is 1. The number of hydrogen-bond donors (Lipinski definition) is 1. The first-order chi connectivity index (χ1) is 11.7. The molecule has 0 radical (unpaired) electrons. The van der Waals surface area contributed by atoms with Crippen molar-refractivity contribution < 1.29 is 9.13 Å². The summed E-state index contributed by atoms with van der Waals surface area (Å²) in [6.07, 6.45) is 5.74. The summed E-state index contributed by atoms with van der Waals surface area (Å²) in [5.41, 5.74) is 2.99. The van der Waals surface area contributed by atoms with Crippen molar-refractivity contribution in [2.24, 2.45) is 0 Å². The first-order valence-electron chi connectivity index (χ1n) is 7.91. The second-order valence-electron chi connectivity index (χ2n) is 5.85. The molecule has 2 aromatic carbocycles. The Balaban J connectivity index is 1.63. The zero-order valence-corrected chi connectivity index (χ0v) is 13.9. The van der Waals surface area contributed by atoms with Crippen molar-refractivity contribution in [2.45, 2.75) is 6.54 Å². The zero-order valence-electron chi connectivity index (χ0n) is 13.9. The lowest BCUT2D eigenvalue weighted by Crippen LogP contribution is -2.17. The lowest BCUT2D eigenvalue weighted by atomic mass is 10.1. The Bertz CT molecular complexity index is 854. The maximum Gasteiger partial charge on any atom is 0.134 e. The third-order valence-electron chi connectivity index (χ3n) is 4.04. The lowest BCUT2D eigenvalue weighted by Gasteiger charge is -2.15. The van der Waals surface area contributed by atoms with Crippen LogP contribution in [0.3, 0.4) is 0 Å². The number of nitrogens with one attached hydrogen (secondary N) is 1. The van der Waals surface area contributed by atoms with Gasteiger partial charge < -0.3 is 9.72 Å². The quantitative estimate of drug-likeness (QED) is 0.725. The minimum Gasteiger partial charge on any atom is -0.497 e. The van der Waals surface area contributed by atoms with Gasteiger partial charge in [-0.25, -0.2) is 4.39 Å². The van der Waals surface area contributed by atoms with Crippen LogP contribution in [0.2, 0.25) is 0 Å². The summed E-state index contributed by atoms with van der Waals surface area (Å²) >= 11 is 0. The van der Waals surface area contributed by atoms with Crippen molar-refractivity contribution in [2.75, 3.05) is 20.7 Å². The maximum atomic E-state index is 13.9. The molecule has 3 aromatic rings. The molecule has 0 unspecified atom stereocenters. The molecule has 1 aromatic heterocycles. The number of methoxy groups -OCH3 is 1. The summed E-state index contributed by atoms with van der Waals surface area (Å²) in [4.78, 5) is 5.48. The van der Waals surface area contributed by atoms with Crippen LogP contribution < -0.4 is 4.74 Å². The molecule has 1 N–H and O–H groups in total. The average molecular weight is 324 g/mol. The van der Waals surface area contributed by atoms with E-state index in [0.29, 0.717) is 11.3 Å². The fourth-order valence-electron chi connectivity index (χ4n) is 2.77. The summed E-state index contributed by atoms with van der Waals surface area (Å²) in [5, 5.41) is 1.22. The number of halogens is 1. The van der Waals surface area contributed by atoms with Gasteiger partial charge in [-0.2, -0.15) is 0 Å². The van der Waals surface area contributed by atoms with E-state index in [0.717, 1.165) is 13.1 Å². The third-order valence-corrected chi connectivity index (χ3v) is 4.04. The van der Waals surface area contributed by atoms with Crippen LogP contribution in [-0.4, -0.2) is 30.6 Å². The summed E-state index contributed by atoms with van der Waals surface area (Å²) in [6, 6.07) is 13.3. The molecule has 0 saturated heterocycles. The molecule has 0 spiro atoms. The van der Waals surface area contributed by atoms with E-state index in [-0.39, 0.29) is 5.82 Å². The van der Waals surface area contributed by atoms with Crippen LogP contribution in [0, 0.1) is 5.82 Å². The van der Waals surface area contributed by atoms with E-state index >= 15 is 0 Å². The van der Waals surface area contributed by atoms with E-state index in [9.17, 15) is 4.39 Å². The van der Waals surface area contributed by atoms with E-state index in [2.05, 4.69) is 41.2 Å². The van der Waals surface area contributed by atoms with Gasteiger partial charge in [-0.3, -0.25) is 4.90 Å². The van der Waals surface area contributed by atoms with Gasteiger partial charge in [0.2, 0.25) is 0 Å². The fraction of sp³-hybridized carbons (Fsp3) is 0.200. The largest absolute Gasteiger partial charge is 0.497 e. The monoisotopic (exact) mass is 324 g/mol. The van der Waals surface area contributed by atoms with Crippen LogP contribution in [0.4, 0.5) is 4.39 Å². The van der Waals surface area contributed by atoms with Crippen molar-refractivity contribution >= 4 is 17.0 Å². The second-order valence-corrected chi connectivity index (χ2v) is 5.85. The summed E-state index contributed by atoms with van der Waals surface area (Å²) in [5.74, 6) is 0.255. The minimum absolute atomic E-state index is 0.274. The van der Waals surface area contributed by atoms with Crippen LogP contribution in [0.15, 0.2) is 54.7 Å². The molecule has 1 heterocycles. The molecule has 3 rings (SSSR count). The van der Waals surface area contributed by atoms with Crippen LogP contribution in [-0.2, 0) is 6.54 Å². The Morgan fingerprint density at radius 2 is 2.08 bits per heavy atom. The maximum absolute atomic E-state index is 13.9. The van der Waals surface area contributed by atoms with Gasteiger partial charge in [-0.1, -0.05) is 30.4 Å². The van der Waals surface area contributed by atoms with Gasteiger partial charge >= 0.3 is 0 Å². The Hall–Kier alpha value is -2.59. The molecule has 3 nitrogen and oxygen atoms in total. The number of hydrogen-bond acceptors (Lipinski definition) is 2. The van der Waals surface area contributed by atoms with Gasteiger partial charge in [0, 0.05) is 36.4 Å². The van der Waals surface area contributed by atoms with E-state index in [1.54, 1.807) is 18.2 Å². The molecule has 0 atom stereocenters. The molecular weight excluding hydrogens is 303 g/mol. The normalized spacial score (nSPS) is 11.7. The summed E-state index contributed by atoms with van der Waals surface area (Å²) in [7, 11) is 3.58. The topological polar surface area (TPSA) is 28.3 Å². The predicted octanol–water partition coefficient (Wildman–Crippen LogP) is 4.46. The number of nitrogens with zero attached hydrogens (tertiary/aromatic N) is 1. The van der Waals surface area contributed by atoms with Gasteiger partial charge in [0.05, 0.1) is 7.11 Å². The molecule has 0 amide bonds. The first-order valence-corrected chi connectivity index (χ1v) is 7.91. The van der Waals surface area contributed by atoms with Crippen LogP contribution in [0.5, 0.6) is 5.75 Å². The second kappa shape index (κ2) is 7.32. The van der Waals surface area contributed by atoms with E-state index in [1.165, 1.54) is 29.6 Å². The Kier molecular flexibility index (Phi) is 4.96. The van der Waals surface area contributed by atoms with Crippen molar-refractivity contribution in [3.8, 4) is 5.75 Å². The Morgan fingerprint density at radius 3 is 2.88 bits per heavy atom. The SMILES string of the molecule is COc1ccc(/C=C/CN(C)Cc2cccc3cc[nH]c23)c(F)c1. The third kappa shape index (κ3) is 3.66. The zero-order chi connectivity index (χ0) is 16.9. The molecule has 0 aliphatic carbocycles. The van der Waals surface area contributed by atoms with E-state index in [1.807, 2.05) is 12.3 Å². The minimum atomic E-state index is -0.274. The molecule has 0 aliphatic heterocycles. The number of rotatable bonds is 6. The van der Waals surface area contributed by atoms with E-state index < -0.39 is 0 Å². The highest BCUT2D eigenvalue weighted by atomic mass is 19.1. The molecule has 0 aliphatic rings. The number of para-hydroxylation sites is 1. The highest BCUT2D eigenvalue weighted by molar-refractivity contribution is 5.82. The number of benzene rings is 2. The van der Waals surface area contributed by atoms with Gasteiger partial charge in [0.15, 0.2) is 0 Å². The smallest absolute Gasteiger partial charge is 0.134 e. The number of H-pyrrole nitrogens is 1. The van der Waals surface area contributed by atoms with Crippen molar-refractivity contribution in [1.82, 2.24) is 9.88 Å². The fourth-order valence-corrected chi connectivity index (χ4v) is 2.77. The molecular formula is C20H21FN2O. The van der Waals surface area contributed by atoms with Crippen molar-refractivity contribution in [1.29, 1.82) is 0 Å². The number of ether oxygens (including phenoxy) is 1. The standard InChI is InChI=1S/C20H21FN2O/c1-23(14-17-6-3-5-16-10-11-22-20(16)17)12-4-7-15-8-9-18(24-2)13-19(15)21/h3-11,13,22H,12,14H2,1-2H3/b7-4+. The van der Waals surface area contributed by atoms with Crippen molar-refractivity contribution in [3.63, 3.8) is 0 Å². The average Bonchev–Trinajstić information content (AvgIpc) is 3.06. The summed E-state index contributed by atoms with van der Waals surface area (Å²) in [6.45, 7) is 1.57. The molecule has 124 valence electrons. The lowest BCUT2D eigenvalue weighted by molar-refractivity contribution is 0.365. The molecule has 0 fully saturated rings. The van der Waals surface area contributed by atoms with Crippen LogP contribution in [0.1, 0.15) is 11.1 Å². The molecule has 0 bridgehead atoms. The van der Waals surface area contributed by atoms with Crippen molar-refractivity contribution in [3.05, 3.63) is 71.7 Å². The van der Waals surface area contributed by atoms with Crippen LogP contribution >= 0.6 is 0 Å². The highest BCUT2D eigenvalue weighted by Crippen LogP contribution is 2.19. The number of likely N-dealkylation sites (N-methyl/N-ethyl adjacent to an activating group) is 1. The van der Waals surface area contributed by atoms with Gasteiger partial charge in [-0.15, -0.1) is 0 Å². The molecule has 0 saturated carbocycles. The summed E-state index contributed by atoms with van der Waals surface area (Å²) < 4.78 is 18.9. The Morgan fingerprint density at radius 1 is 1.21 bits per heavy atom.